The van der Waals surface area contributed by atoms with E-state index in [0.29, 0.717) is 12.2 Å². The molecule has 5 heteroatoms. The van der Waals surface area contributed by atoms with Crippen molar-refractivity contribution in [2.75, 3.05) is 0 Å². The summed E-state index contributed by atoms with van der Waals surface area (Å²) in [4.78, 5) is 10.7. The molecule has 1 aromatic rings. The summed E-state index contributed by atoms with van der Waals surface area (Å²) < 4.78 is 5.93. The lowest BCUT2D eigenvalue weighted by Crippen LogP contribution is -2.58. The van der Waals surface area contributed by atoms with Gasteiger partial charge in [0, 0.05) is 17.9 Å². The van der Waals surface area contributed by atoms with E-state index in [9.17, 15) is 15.2 Å². The molecule has 0 amide bonds. The van der Waals surface area contributed by atoms with Gasteiger partial charge in [-0.25, -0.2) is 0 Å². The second-order valence-electron chi connectivity index (χ2n) is 6.03. The van der Waals surface area contributed by atoms with E-state index in [0.717, 1.165) is 31.2 Å². The van der Waals surface area contributed by atoms with Gasteiger partial charge in [0.15, 0.2) is 5.75 Å². The van der Waals surface area contributed by atoms with E-state index in [1.165, 1.54) is 6.07 Å². The molecule has 3 rings (SSSR count). The van der Waals surface area contributed by atoms with Gasteiger partial charge in [-0.3, -0.25) is 10.1 Å². The fourth-order valence-corrected chi connectivity index (χ4v) is 3.60. The summed E-state index contributed by atoms with van der Waals surface area (Å²) in [6.07, 6.45) is 4.28. The molecule has 0 bridgehead atoms. The van der Waals surface area contributed by atoms with E-state index < -0.39 is 4.92 Å². The summed E-state index contributed by atoms with van der Waals surface area (Å²) in [7, 11) is 0. The number of hydrogen-bond donors (Lipinski definition) is 1. The summed E-state index contributed by atoms with van der Waals surface area (Å²) in [6, 6.07) is 4.92. The molecule has 5 nitrogen and oxygen atoms in total. The van der Waals surface area contributed by atoms with Crippen LogP contribution in [0.1, 0.15) is 37.7 Å². The molecular weight excluding hydrogens is 258 g/mol. The van der Waals surface area contributed by atoms with Crippen LogP contribution < -0.4 is 4.74 Å². The molecule has 2 aliphatic carbocycles. The van der Waals surface area contributed by atoms with Gasteiger partial charge in [0.05, 0.1) is 11.0 Å². The van der Waals surface area contributed by atoms with Crippen LogP contribution in [-0.2, 0) is 0 Å². The van der Waals surface area contributed by atoms with Crippen LogP contribution in [0.4, 0.5) is 5.69 Å². The molecule has 0 aromatic heterocycles. The molecule has 2 unspecified atom stereocenters. The number of rotatable bonds is 3. The van der Waals surface area contributed by atoms with Crippen LogP contribution in [-0.4, -0.2) is 22.2 Å². The standard InChI is InChI=1S/C15H19NO4/c1-10-4-5-11(16(18)19)12(8-10)20-14-9-13(17)15(14)6-2-3-7-15/h4-5,8,13-14,17H,2-3,6-7,9H2,1H3. The maximum atomic E-state index is 11.1. The van der Waals surface area contributed by atoms with Crippen LogP contribution in [0.15, 0.2) is 18.2 Å². The first kappa shape index (κ1) is 13.4. The van der Waals surface area contributed by atoms with Gasteiger partial charge >= 0.3 is 5.69 Å². The van der Waals surface area contributed by atoms with E-state index in [-0.39, 0.29) is 23.3 Å². The fraction of sp³-hybridized carbons (Fsp3) is 0.600. The first-order valence-electron chi connectivity index (χ1n) is 7.13. The summed E-state index contributed by atoms with van der Waals surface area (Å²) in [5, 5.41) is 21.1. The van der Waals surface area contributed by atoms with Crippen LogP contribution in [0, 0.1) is 22.5 Å². The van der Waals surface area contributed by atoms with Crippen molar-refractivity contribution in [3.63, 3.8) is 0 Å². The van der Waals surface area contributed by atoms with E-state index >= 15 is 0 Å². The largest absolute Gasteiger partial charge is 0.483 e. The number of benzene rings is 1. The molecule has 0 saturated heterocycles. The zero-order valence-electron chi connectivity index (χ0n) is 11.5. The van der Waals surface area contributed by atoms with E-state index in [1.807, 2.05) is 6.92 Å². The van der Waals surface area contributed by atoms with E-state index in [1.54, 1.807) is 12.1 Å². The second-order valence-corrected chi connectivity index (χ2v) is 6.03. The minimum atomic E-state index is -0.412. The van der Waals surface area contributed by atoms with Crippen molar-refractivity contribution in [2.45, 2.75) is 51.2 Å². The SMILES string of the molecule is Cc1ccc([N+](=O)[O-])c(OC2CC(O)C23CCCC3)c1. The Kier molecular flexibility index (Phi) is 3.17. The Balaban J connectivity index is 1.85. The molecule has 2 fully saturated rings. The molecular formula is C15H19NO4. The van der Waals surface area contributed by atoms with Gasteiger partial charge in [0.2, 0.25) is 0 Å². The highest BCUT2D eigenvalue weighted by atomic mass is 16.6. The van der Waals surface area contributed by atoms with Gasteiger partial charge in [0.25, 0.3) is 0 Å². The van der Waals surface area contributed by atoms with Crippen LogP contribution in [0.3, 0.4) is 0 Å². The van der Waals surface area contributed by atoms with Crippen LogP contribution in [0.25, 0.3) is 0 Å². The fourth-order valence-electron chi connectivity index (χ4n) is 3.60. The first-order valence-corrected chi connectivity index (χ1v) is 7.13. The highest BCUT2D eigenvalue weighted by Crippen LogP contribution is 2.55. The van der Waals surface area contributed by atoms with Crippen molar-refractivity contribution in [1.29, 1.82) is 0 Å². The zero-order chi connectivity index (χ0) is 14.3. The molecule has 2 aliphatic rings. The van der Waals surface area contributed by atoms with Gasteiger partial charge in [-0.05, 0) is 31.4 Å². The summed E-state index contributed by atoms with van der Waals surface area (Å²) in [5.74, 6) is 0.332. The molecule has 1 N–H and O–H groups in total. The predicted octanol–water partition coefficient (Wildman–Crippen LogP) is 2.98. The number of hydrogen-bond acceptors (Lipinski definition) is 4. The Hall–Kier alpha value is -1.62. The van der Waals surface area contributed by atoms with Gasteiger partial charge in [0.1, 0.15) is 6.10 Å². The smallest absolute Gasteiger partial charge is 0.310 e. The Bertz CT molecular complexity index is 537. The topological polar surface area (TPSA) is 72.6 Å². The first-order chi connectivity index (χ1) is 9.53. The lowest BCUT2D eigenvalue weighted by Gasteiger charge is -2.50. The summed E-state index contributed by atoms with van der Waals surface area (Å²) in [5.41, 5.74) is 0.772. The third-order valence-corrected chi connectivity index (χ3v) is 4.86. The summed E-state index contributed by atoms with van der Waals surface area (Å²) in [6.45, 7) is 1.89. The third kappa shape index (κ3) is 1.97. The minimum absolute atomic E-state index is 0.00476. The van der Waals surface area contributed by atoms with E-state index in [2.05, 4.69) is 0 Å². The third-order valence-electron chi connectivity index (χ3n) is 4.86. The number of ether oxygens (including phenoxy) is 1. The molecule has 2 atom stereocenters. The van der Waals surface area contributed by atoms with Gasteiger partial charge in [-0.15, -0.1) is 0 Å². The Morgan fingerprint density at radius 3 is 2.70 bits per heavy atom. The van der Waals surface area contributed by atoms with Gasteiger partial charge in [-0.2, -0.15) is 0 Å². The van der Waals surface area contributed by atoms with Crippen molar-refractivity contribution in [3.8, 4) is 5.75 Å². The predicted molar refractivity (Wildman–Crippen MR) is 73.8 cm³/mol. The van der Waals surface area contributed by atoms with Crippen molar-refractivity contribution in [2.24, 2.45) is 5.41 Å². The highest BCUT2D eigenvalue weighted by molar-refractivity contribution is 5.48. The maximum absolute atomic E-state index is 11.1. The quantitative estimate of drug-likeness (QED) is 0.681. The average Bonchev–Trinajstić information content (AvgIpc) is 2.90. The van der Waals surface area contributed by atoms with Gasteiger partial charge < -0.3 is 9.84 Å². The number of aryl methyl sites for hydroxylation is 1. The number of aliphatic hydroxyl groups excluding tert-OH is 1. The zero-order valence-corrected chi connectivity index (χ0v) is 11.5. The summed E-state index contributed by atoms with van der Waals surface area (Å²) >= 11 is 0. The number of nitrogens with zero attached hydrogens (tertiary/aromatic N) is 1. The molecule has 0 heterocycles. The normalized spacial score (nSPS) is 27.3. The highest BCUT2D eigenvalue weighted by Gasteiger charge is 2.57. The van der Waals surface area contributed by atoms with E-state index in [4.69, 9.17) is 4.74 Å². The monoisotopic (exact) mass is 277 g/mol. The lowest BCUT2D eigenvalue weighted by molar-refractivity contribution is -0.386. The molecule has 1 spiro atoms. The average molecular weight is 277 g/mol. The molecule has 108 valence electrons. The van der Waals surface area contributed by atoms with Crippen molar-refractivity contribution in [3.05, 3.63) is 33.9 Å². The van der Waals surface area contributed by atoms with Crippen LogP contribution in [0.5, 0.6) is 5.75 Å². The minimum Gasteiger partial charge on any atom is -0.483 e. The van der Waals surface area contributed by atoms with Crippen molar-refractivity contribution >= 4 is 5.69 Å². The van der Waals surface area contributed by atoms with Crippen LogP contribution >= 0.6 is 0 Å². The Morgan fingerprint density at radius 2 is 2.10 bits per heavy atom. The van der Waals surface area contributed by atoms with Crippen molar-refractivity contribution < 1.29 is 14.8 Å². The molecule has 20 heavy (non-hydrogen) atoms. The molecule has 1 aromatic carbocycles. The molecule has 0 radical (unpaired) electrons. The number of aliphatic hydroxyl groups is 1. The number of nitro groups is 1. The second kappa shape index (κ2) is 4.74. The maximum Gasteiger partial charge on any atom is 0.310 e. The Labute approximate surface area is 117 Å². The van der Waals surface area contributed by atoms with Crippen molar-refractivity contribution in [1.82, 2.24) is 0 Å². The van der Waals surface area contributed by atoms with Crippen LogP contribution in [0.2, 0.25) is 0 Å². The number of nitro benzene ring substituents is 1. The molecule has 0 aliphatic heterocycles. The Morgan fingerprint density at radius 1 is 1.40 bits per heavy atom. The lowest BCUT2D eigenvalue weighted by atomic mass is 9.62. The molecule has 2 saturated carbocycles. The van der Waals surface area contributed by atoms with Gasteiger partial charge in [-0.1, -0.05) is 18.9 Å².